The Balaban J connectivity index is 2.00. The number of amides is 1. The van der Waals surface area contributed by atoms with E-state index in [0.29, 0.717) is 10.8 Å². The molecule has 1 N–H and O–H groups in total. The highest BCUT2D eigenvalue weighted by molar-refractivity contribution is 8.15. The van der Waals surface area contributed by atoms with Gasteiger partial charge in [-0.15, -0.1) is 0 Å². The minimum Gasteiger partial charge on any atom is -0.487 e. The number of aliphatic carboxylic acids is 1. The van der Waals surface area contributed by atoms with Crippen LogP contribution in [0, 0.1) is 0 Å². The number of hydrogen-bond donors (Lipinski definition) is 1. The van der Waals surface area contributed by atoms with E-state index in [0.717, 1.165) is 16.7 Å². The van der Waals surface area contributed by atoms with Crippen LogP contribution in [0.5, 0.6) is 5.75 Å². The molecule has 1 saturated heterocycles. The predicted octanol–water partition coefficient (Wildman–Crippen LogP) is 3.49. The Bertz CT molecular complexity index is 877. The molecular formula is C18H17Cl3N2O5S. The van der Waals surface area contributed by atoms with Gasteiger partial charge in [-0.05, 0) is 24.6 Å². The number of fused-ring (bicyclic) bond motifs is 1. The van der Waals surface area contributed by atoms with E-state index < -0.39 is 32.3 Å². The number of thioether (sulfide) groups is 1. The minimum atomic E-state index is -2.14. The number of nitrogens with zero attached hydrogens (tertiary/aromatic N) is 2. The van der Waals surface area contributed by atoms with E-state index in [-0.39, 0.29) is 12.2 Å². The number of methoxy groups -OCH3 is 1. The molecule has 7 nitrogen and oxygen atoms in total. The van der Waals surface area contributed by atoms with Gasteiger partial charge < -0.3 is 14.6 Å². The third kappa shape index (κ3) is 3.21. The maximum Gasteiger partial charge on any atom is 0.330 e. The first kappa shape index (κ1) is 22.2. The average molecular weight is 480 g/mol. The van der Waals surface area contributed by atoms with Gasteiger partial charge in [-0.3, -0.25) is 9.69 Å². The van der Waals surface area contributed by atoms with Crippen LogP contribution < -0.4 is 4.74 Å². The van der Waals surface area contributed by atoms with Crippen LogP contribution in [-0.2, 0) is 14.3 Å². The van der Waals surface area contributed by atoms with Gasteiger partial charge in [0.25, 0.3) is 11.6 Å². The van der Waals surface area contributed by atoms with Crippen molar-refractivity contribution in [2.24, 2.45) is 4.99 Å². The molecule has 1 amide bonds. The second-order valence-corrected chi connectivity index (χ2v) is 10.0. The lowest BCUT2D eigenvalue weighted by molar-refractivity contribution is -0.209. The Labute approximate surface area is 186 Å². The number of aliphatic imine (C=N–C) groups is 1. The van der Waals surface area contributed by atoms with Crippen LogP contribution in [0.2, 0.25) is 0 Å². The van der Waals surface area contributed by atoms with Crippen molar-refractivity contribution < 1.29 is 24.2 Å². The average Bonchev–Trinajstić information content (AvgIpc) is 2.96. The van der Waals surface area contributed by atoms with E-state index in [2.05, 4.69) is 11.6 Å². The molecule has 11 heteroatoms. The number of likely N-dealkylation sites (tertiary alicyclic amines) is 1. The number of ether oxygens (including phenoxy) is 2. The van der Waals surface area contributed by atoms with Crippen LogP contribution >= 0.6 is 46.6 Å². The van der Waals surface area contributed by atoms with Crippen molar-refractivity contribution in [1.82, 2.24) is 4.90 Å². The first-order valence-electron chi connectivity index (χ1n) is 8.31. The van der Waals surface area contributed by atoms with E-state index in [1.54, 1.807) is 24.3 Å². The summed E-state index contributed by atoms with van der Waals surface area (Å²) in [6, 6.07) is 7.54. The molecule has 2 aliphatic rings. The quantitative estimate of drug-likeness (QED) is 0.366. The molecule has 0 radical (unpaired) electrons. The van der Waals surface area contributed by atoms with Crippen molar-refractivity contribution in [2.45, 2.75) is 27.4 Å². The Morgan fingerprint density at radius 1 is 1.38 bits per heavy atom. The highest BCUT2D eigenvalue weighted by Crippen LogP contribution is 2.67. The summed E-state index contributed by atoms with van der Waals surface area (Å²) >= 11 is 19.8. The largest absolute Gasteiger partial charge is 0.487 e. The molecule has 0 saturated carbocycles. The van der Waals surface area contributed by atoms with Gasteiger partial charge >= 0.3 is 5.97 Å². The molecular weight excluding hydrogens is 463 g/mol. The van der Waals surface area contributed by atoms with E-state index in [4.69, 9.17) is 44.3 Å². The molecule has 3 rings (SSSR count). The number of rotatable bonds is 7. The van der Waals surface area contributed by atoms with E-state index >= 15 is 0 Å². The minimum absolute atomic E-state index is 0.0196. The standard InChI is InChI=1S/C18H17Cl3N2O5S/c1-10(2)13(14(24)25)23-15(26)16(27-3)17(23,18(19,20)21)29-12(22-16)9-28-11-7-5-4-6-8-11/h4-8,13H,1,9H2,2-3H3,(H,24,25). The van der Waals surface area contributed by atoms with Gasteiger partial charge in [-0.2, -0.15) is 0 Å². The summed E-state index contributed by atoms with van der Waals surface area (Å²) < 4.78 is 8.98. The number of hydrogen-bond acceptors (Lipinski definition) is 6. The molecule has 156 valence electrons. The Morgan fingerprint density at radius 3 is 2.48 bits per heavy atom. The van der Waals surface area contributed by atoms with E-state index in [1.807, 2.05) is 6.07 Å². The fraction of sp³-hybridized carbons (Fsp3) is 0.389. The summed E-state index contributed by atoms with van der Waals surface area (Å²) in [6.45, 7) is 5.13. The number of carboxylic acids is 1. The van der Waals surface area contributed by atoms with E-state index in [9.17, 15) is 14.7 Å². The fourth-order valence-electron chi connectivity index (χ4n) is 3.39. The van der Waals surface area contributed by atoms with Crippen molar-refractivity contribution in [3.63, 3.8) is 0 Å². The SMILES string of the molecule is C=C(C)C(C(=O)O)N1C(=O)C2(OC)N=C(COc3ccccc3)SC12C(Cl)(Cl)Cl. The van der Waals surface area contributed by atoms with Gasteiger partial charge in [0, 0.05) is 7.11 Å². The molecule has 1 fully saturated rings. The number of benzene rings is 1. The van der Waals surface area contributed by atoms with Gasteiger partial charge in [-0.25, -0.2) is 9.79 Å². The van der Waals surface area contributed by atoms with Crippen molar-refractivity contribution in [1.29, 1.82) is 0 Å². The lowest BCUT2D eigenvalue weighted by Crippen LogP contribution is -2.86. The molecule has 3 atom stereocenters. The Morgan fingerprint density at radius 2 is 2.00 bits per heavy atom. The zero-order valence-electron chi connectivity index (χ0n) is 15.4. The van der Waals surface area contributed by atoms with Crippen molar-refractivity contribution in [3.05, 3.63) is 42.5 Å². The molecule has 0 aliphatic carbocycles. The second-order valence-electron chi connectivity index (χ2n) is 6.46. The number of carboxylic acid groups (broad SMARTS) is 1. The van der Waals surface area contributed by atoms with Gasteiger partial charge in [0.15, 0.2) is 6.04 Å². The third-order valence-electron chi connectivity index (χ3n) is 4.60. The van der Waals surface area contributed by atoms with Gasteiger partial charge in [0.1, 0.15) is 17.4 Å². The van der Waals surface area contributed by atoms with Crippen LogP contribution in [0.1, 0.15) is 6.92 Å². The number of alkyl halides is 3. The summed E-state index contributed by atoms with van der Waals surface area (Å²) in [5, 5.41) is 10.00. The predicted molar refractivity (Wildman–Crippen MR) is 113 cm³/mol. The Kier molecular flexibility index (Phi) is 5.88. The number of halogens is 3. The van der Waals surface area contributed by atoms with Gasteiger partial charge in [0.2, 0.25) is 8.66 Å². The number of carbonyl (C=O) groups excluding carboxylic acids is 1. The van der Waals surface area contributed by atoms with Crippen molar-refractivity contribution in [3.8, 4) is 5.75 Å². The normalized spacial score (nSPS) is 27.0. The first-order valence-corrected chi connectivity index (χ1v) is 10.3. The number of para-hydroxylation sites is 1. The molecule has 1 aromatic rings. The van der Waals surface area contributed by atoms with Crippen LogP contribution in [0.3, 0.4) is 0 Å². The van der Waals surface area contributed by atoms with Crippen LogP contribution in [0.4, 0.5) is 0 Å². The monoisotopic (exact) mass is 478 g/mol. The summed E-state index contributed by atoms with van der Waals surface area (Å²) in [7, 11) is 1.25. The summed E-state index contributed by atoms with van der Waals surface area (Å²) in [5.74, 6) is -1.46. The topological polar surface area (TPSA) is 88.4 Å². The molecule has 2 aliphatic heterocycles. The molecule has 1 aromatic carbocycles. The fourth-order valence-corrected chi connectivity index (χ4v) is 5.79. The first-order chi connectivity index (χ1) is 13.5. The Hall–Kier alpha value is -1.45. The molecule has 29 heavy (non-hydrogen) atoms. The van der Waals surface area contributed by atoms with Crippen molar-refractivity contribution >= 4 is 63.5 Å². The summed E-state index contributed by atoms with van der Waals surface area (Å²) in [6.07, 6.45) is 0. The molecule has 0 bridgehead atoms. The summed E-state index contributed by atoms with van der Waals surface area (Å²) in [4.78, 5) is 28.5. The lowest BCUT2D eigenvalue weighted by atomic mass is 9.86. The van der Waals surface area contributed by atoms with Crippen LogP contribution in [0.15, 0.2) is 47.5 Å². The van der Waals surface area contributed by atoms with Gasteiger partial charge in [-0.1, -0.05) is 71.3 Å². The maximum atomic E-state index is 13.1. The molecule has 0 aromatic heterocycles. The molecule has 3 unspecified atom stereocenters. The lowest BCUT2D eigenvalue weighted by Gasteiger charge is -2.61. The third-order valence-corrected chi connectivity index (χ3v) is 7.28. The van der Waals surface area contributed by atoms with Gasteiger partial charge in [0.05, 0.1) is 0 Å². The van der Waals surface area contributed by atoms with E-state index in [1.165, 1.54) is 14.0 Å². The zero-order chi connectivity index (χ0) is 21.6. The van der Waals surface area contributed by atoms with Crippen molar-refractivity contribution in [2.75, 3.05) is 13.7 Å². The number of carbonyl (C=O) groups is 2. The highest BCUT2D eigenvalue weighted by Gasteiger charge is 2.85. The zero-order valence-corrected chi connectivity index (χ0v) is 18.5. The summed E-state index contributed by atoms with van der Waals surface area (Å²) in [5.41, 5.74) is -1.69. The molecule has 0 spiro atoms. The second kappa shape index (κ2) is 7.67. The van der Waals surface area contributed by atoms with Crippen LogP contribution in [-0.4, -0.2) is 61.1 Å². The maximum absolute atomic E-state index is 13.1. The highest BCUT2D eigenvalue weighted by atomic mass is 35.6. The molecule has 2 heterocycles. The number of β-lactam (4-membered cyclic amide) rings is 1. The van der Waals surface area contributed by atoms with Crippen LogP contribution in [0.25, 0.3) is 0 Å². The smallest absolute Gasteiger partial charge is 0.330 e.